The number of nitrogens with one attached hydrogen (secondary N) is 1. The van der Waals surface area contributed by atoms with Gasteiger partial charge in [-0.2, -0.15) is 0 Å². The lowest BCUT2D eigenvalue weighted by Crippen LogP contribution is -2.40. The summed E-state index contributed by atoms with van der Waals surface area (Å²) < 4.78 is 5.24. The van der Waals surface area contributed by atoms with Gasteiger partial charge < -0.3 is 15.0 Å². The number of nitrogens with zero attached hydrogens (tertiary/aromatic N) is 3. The van der Waals surface area contributed by atoms with Gasteiger partial charge in [-0.25, -0.2) is 0 Å². The Labute approximate surface area is 149 Å². The van der Waals surface area contributed by atoms with Gasteiger partial charge in [0.25, 0.3) is 5.69 Å². The normalized spacial score (nSPS) is 17.8. The summed E-state index contributed by atoms with van der Waals surface area (Å²) in [4.78, 5) is 16.9. The summed E-state index contributed by atoms with van der Waals surface area (Å²) >= 11 is 0. The minimum Gasteiger partial charge on any atom is -0.384 e. The van der Waals surface area contributed by atoms with Gasteiger partial charge in [0.2, 0.25) is 0 Å². The van der Waals surface area contributed by atoms with E-state index in [2.05, 4.69) is 15.2 Å². The van der Waals surface area contributed by atoms with Crippen molar-refractivity contribution in [2.45, 2.75) is 25.7 Å². The van der Waals surface area contributed by atoms with Crippen molar-refractivity contribution in [3.05, 3.63) is 39.9 Å². The van der Waals surface area contributed by atoms with Crippen LogP contribution in [0, 0.1) is 16.0 Å². The molecule has 1 aliphatic rings. The van der Waals surface area contributed by atoms with Crippen molar-refractivity contribution in [1.82, 2.24) is 10.2 Å². The number of likely N-dealkylation sites (tertiary alicyclic amines) is 1. The van der Waals surface area contributed by atoms with Gasteiger partial charge in [0.15, 0.2) is 5.96 Å². The Hall–Kier alpha value is -2.15. The Morgan fingerprint density at radius 2 is 2.16 bits per heavy atom. The van der Waals surface area contributed by atoms with Gasteiger partial charge in [0.1, 0.15) is 0 Å². The lowest BCUT2D eigenvalue weighted by atomic mass is 10.1. The molecule has 0 aliphatic carbocycles. The highest BCUT2D eigenvalue weighted by atomic mass is 16.6. The highest BCUT2D eigenvalue weighted by Crippen LogP contribution is 2.16. The predicted octanol–water partition coefficient (Wildman–Crippen LogP) is 2.46. The van der Waals surface area contributed by atoms with Crippen molar-refractivity contribution >= 4 is 11.6 Å². The van der Waals surface area contributed by atoms with Crippen molar-refractivity contribution in [1.29, 1.82) is 0 Å². The summed E-state index contributed by atoms with van der Waals surface area (Å²) in [5.41, 5.74) is 1.28. The van der Waals surface area contributed by atoms with Crippen LogP contribution in [0.1, 0.15) is 24.8 Å². The van der Waals surface area contributed by atoms with E-state index >= 15 is 0 Å². The van der Waals surface area contributed by atoms with Crippen LogP contribution in [0.2, 0.25) is 0 Å². The minimum atomic E-state index is -0.366. The molecule has 138 valence electrons. The second-order valence-corrected chi connectivity index (χ2v) is 6.41. The largest absolute Gasteiger partial charge is 0.384 e. The van der Waals surface area contributed by atoms with Crippen LogP contribution in [-0.4, -0.2) is 56.2 Å². The first-order valence-electron chi connectivity index (χ1n) is 8.82. The number of benzene rings is 1. The zero-order valence-corrected chi connectivity index (χ0v) is 15.1. The average molecular weight is 348 g/mol. The first kappa shape index (κ1) is 19.2. The van der Waals surface area contributed by atoms with Crippen LogP contribution in [0.25, 0.3) is 0 Å². The van der Waals surface area contributed by atoms with Gasteiger partial charge in [-0.3, -0.25) is 15.1 Å². The molecular weight excluding hydrogens is 320 g/mol. The number of hydrogen-bond donors (Lipinski definition) is 1. The Morgan fingerprint density at radius 3 is 2.80 bits per heavy atom. The maximum Gasteiger partial charge on any atom is 0.269 e. The molecule has 0 spiro atoms. The molecule has 1 heterocycles. The minimum absolute atomic E-state index is 0.145. The van der Waals surface area contributed by atoms with Crippen LogP contribution in [0.3, 0.4) is 0 Å². The monoisotopic (exact) mass is 348 g/mol. The molecule has 1 aromatic rings. The topological polar surface area (TPSA) is 80.0 Å². The Balaban J connectivity index is 1.65. The second-order valence-electron chi connectivity index (χ2n) is 6.41. The summed E-state index contributed by atoms with van der Waals surface area (Å²) in [6, 6.07) is 6.81. The van der Waals surface area contributed by atoms with E-state index in [-0.39, 0.29) is 10.6 Å². The average Bonchev–Trinajstić information content (AvgIpc) is 3.07. The number of aryl methyl sites for hydroxylation is 1. The van der Waals surface area contributed by atoms with Crippen LogP contribution in [-0.2, 0) is 11.2 Å². The van der Waals surface area contributed by atoms with Crippen molar-refractivity contribution < 1.29 is 9.66 Å². The number of nitro groups is 1. The predicted molar refractivity (Wildman–Crippen MR) is 99.0 cm³/mol. The van der Waals surface area contributed by atoms with E-state index in [0.717, 1.165) is 63.4 Å². The van der Waals surface area contributed by atoms with Crippen molar-refractivity contribution in [3.8, 4) is 0 Å². The van der Waals surface area contributed by atoms with Crippen LogP contribution in [0.4, 0.5) is 5.69 Å². The summed E-state index contributed by atoms with van der Waals surface area (Å²) in [7, 11) is 3.57. The maximum absolute atomic E-state index is 10.6. The van der Waals surface area contributed by atoms with Gasteiger partial charge in [-0.05, 0) is 31.2 Å². The Morgan fingerprint density at radius 1 is 1.40 bits per heavy atom. The maximum atomic E-state index is 10.6. The van der Waals surface area contributed by atoms with E-state index in [0.29, 0.717) is 5.92 Å². The first-order valence-corrected chi connectivity index (χ1v) is 8.82. The number of unbranched alkanes of at least 4 members (excludes halogenated alkanes) is 1. The molecule has 0 bridgehead atoms. The number of non-ortho nitro benzene ring substituents is 1. The fraction of sp³-hybridized carbons (Fsp3) is 0.611. The number of ether oxygens (including phenoxy) is 1. The summed E-state index contributed by atoms with van der Waals surface area (Å²) in [5.74, 6) is 1.56. The highest BCUT2D eigenvalue weighted by molar-refractivity contribution is 5.80. The molecule has 0 radical (unpaired) electrons. The molecule has 0 aromatic heterocycles. The second kappa shape index (κ2) is 9.98. The van der Waals surface area contributed by atoms with Gasteiger partial charge in [-0.15, -0.1) is 0 Å². The summed E-state index contributed by atoms with van der Waals surface area (Å²) in [6.45, 7) is 3.71. The number of nitro benzene ring substituents is 1. The van der Waals surface area contributed by atoms with Gasteiger partial charge >= 0.3 is 0 Å². The highest BCUT2D eigenvalue weighted by Gasteiger charge is 2.24. The molecule has 0 saturated carbocycles. The lowest BCUT2D eigenvalue weighted by Gasteiger charge is -2.21. The van der Waals surface area contributed by atoms with E-state index < -0.39 is 0 Å². The quantitative estimate of drug-likeness (QED) is 0.257. The van der Waals surface area contributed by atoms with Crippen LogP contribution in [0.15, 0.2) is 29.3 Å². The molecule has 1 atom stereocenters. The standard InChI is InChI=1S/C18H28N4O3/c1-19-18(21-12-10-16(13-21)14-25-2)20-11-4-3-5-15-6-8-17(9-7-15)22(23)24/h6-9,16H,3-5,10-14H2,1-2H3,(H,19,20). The SMILES string of the molecule is CN=C(NCCCCc1ccc([N+](=O)[O-])cc1)N1CCC(COC)C1. The number of rotatable bonds is 8. The van der Waals surface area contributed by atoms with Gasteiger partial charge in [0.05, 0.1) is 11.5 Å². The number of guanidine groups is 1. The molecule has 1 aromatic carbocycles. The molecule has 2 rings (SSSR count). The van der Waals surface area contributed by atoms with Crippen LogP contribution >= 0.6 is 0 Å². The van der Waals surface area contributed by atoms with Crippen molar-refractivity contribution in [3.63, 3.8) is 0 Å². The van der Waals surface area contributed by atoms with Crippen molar-refractivity contribution in [2.24, 2.45) is 10.9 Å². The molecule has 0 amide bonds. The molecule has 1 saturated heterocycles. The van der Waals surface area contributed by atoms with Gasteiger partial charge in [0, 0.05) is 51.8 Å². The van der Waals surface area contributed by atoms with E-state index in [9.17, 15) is 10.1 Å². The zero-order valence-electron chi connectivity index (χ0n) is 15.1. The molecule has 1 unspecified atom stereocenters. The van der Waals surface area contributed by atoms with Crippen LogP contribution in [0.5, 0.6) is 0 Å². The van der Waals surface area contributed by atoms with E-state index in [1.54, 1.807) is 19.2 Å². The molecule has 25 heavy (non-hydrogen) atoms. The summed E-state index contributed by atoms with van der Waals surface area (Å²) in [6.07, 6.45) is 4.14. The smallest absolute Gasteiger partial charge is 0.269 e. The van der Waals surface area contributed by atoms with Crippen molar-refractivity contribution in [2.75, 3.05) is 40.4 Å². The van der Waals surface area contributed by atoms with E-state index in [1.807, 2.05) is 19.2 Å². The zero-order chi connectivity index (χ0) is 18.1. The fourth-order valence-corrected chi connectivity index (χ4v) is 3.17. The van der Waals surface area contributed by atoms with E-state index in [1.165, 1.54) is 0 Å². The van der Waals surface area contributed by atoms with Crippen LogP contribution < -0.4 is 5.32 Å². The third-order valence-electron chi connectivity index (χ3n) is 4.52. The number of methoxy groups -OCH3 is 1. The number of hydrogen-bond acceptors (Lipinski definition) is 4. The molecule has 7 heteroatoms. The lowest BCUT2D eigenvalue weighted by molar-refractivity contribution is -0.384. The molecule has 1 N–H and O–H groups in total. The third-order valence-corrected chi connectivity index (χ3v) is 4.52. The fourth-order valence-electron chi connectivity index (χ4n) is 3.17. The Kier molecular flexibility index (Phi) is 7.66. The molecule has 1 aliphatic heterocycles. The summed E-state index contributed by atoms with van der Waals surface area (Å²) in [5, 5.41) is 14.1. The molecular formula is C18H28N4O3. The molecule has 1 fully saturated rings. The van der Waals surface area contributed by atoms with Gasteiger partial charge in [-0.1, -0.05) is 12.1 Å². The Bertz CT molecular complexity index is 574. The third kappa shape index (κ3) is 6.01. The number of aliphatic imine (C=N–C) groups is 1. The first-order chi connectivity index (χ1) is 12.1. The molecule has 7 nitrogen and oxygen atoms in total. The van der Waals surface area contributed by atoms with E-state index in [4.69, 9.17) is 4.74 Å².